The molecule has 0 unspecified atom stereocenters. The summed E-state index contributed by atoms with van der Waals surface area (Å²) in [7, 11) is 0. The highest BCUT2D eigenvalue weighted by Crippen LogP contribution is 2.28. The van der Waals surface area contributed by atoms with Gasteiger partial charge >= 0.3 is 0 Å². The fraction of sp³-hybridized carbons (Fsp3) is 0.500. The van der Waals surface area contributed by atoms with Crippen LogP contribution in [0.4, 0.5) is 11.4 Å². The van der Waals surface area contributed by atoms with Crippen molar-refractivity contribution in [2.24, 2.45) is 16.5 Å². The summed E-state index contributed by atoms with van der Waals surface area (Å²) in [6.07, 6.45) is 2.54. The van der Waals surface area contributed by atoms with Crippen molar-refractivity contribution in [1.82, 2.24) is 0 Å². The van der Waals surface area contributed by atoms with E-state index in [1.165, 1.54) is 18.5 Å². The molecule has 4 N–H and O–H groups in total. The van der Waals surface area contributed by atoms with Gasteiger partial charge in [-0.25, -0.2) is 4.99 Å². The van der Waals surface area contributed by atoms with Gasteiger partial charge in [0.2, 0.25) is 0 Å². The first kappa shape index (κ1) is 23.9. The van der Waals surface area contributed by atoms with Crippen LogP contribution in [0.3, 0.4) is 0 Å². The summed E-state index contributed by atoms with van der Waals surface area (Å²) in [6.45, 7) is 4.86. The van der Waals surface area contributed by atoms with Crippen molar-refractivity contribution in [3.05, 3.63) is 23.8 Å². The topological polar surface area (TPSA) is 67.6 Å². The molecule has 1 aliphatic heterocycles. The highest BCUT2D eigenvalue weighted by atomic mass is 35.5. The Morgan fingerprint density at radius 2 is 1.86 bits per heavy atom. The minimum Gasteiger partial charge on any atom is -0.378 e. The third-order valence-corrected chi connectivity index (χ3v) is 3.94. The van der Waals surface area contributed by atoms with Gasteiger partial charge in [0.1, 0.15) is 0 Å². The molecule has 1 aromatic rings. The summed E-state index contributed by atoms with van der Waals surface area (Å²) in [5.74, 6) is 0.935. The van der Waals surface area contributed by atoms with Crippen molar-refractivity contribution in [1.29, 1.82) is 0 Å². The van der Waals surface area contributed by atoms with Crippen LogP contribution in [0.25, 0.3) is 0 Å². The second kappa shape index (κ2) is 12.1. The summed E-state index contributed by atoms with van der Waals surface area (Å²) in [4.78, 5) is 6.81. The molecule has 0 aromatic heterocycles. The minimum atomic E-state index is 0. The molecule has 0 atom stereocenters. The number of thioether (sulfide) groups is 1. The van der Waals surface area contributed by atoms with Gasteiger partial charge in [-0.2, -0.15) is 0 Å². The van der Waals surface area contributed by atoms with Crippen LogP contribution in [-0.4, -0.2) is 24.0 Å². The lowest BCUT2D eigenvalue weighted by Crippen LogP contribution is -2.20. The van der Waals surface area contributed by atoms with E-state index in [9.17, 15) is 0 Å². The largest absolute Gasteiger partial charge is 0.378 e. The highest BCUT2D eigenvalue weighted by molar-refractivity contribution is 8.13. The summed E-state index contributed by atoms with van der Waals surface area (Å²) >= 11 is 1.56. The molecule has 22 heavy (non-hydrogen) atoms. The number of aliphatic imine (C=N–C) groups is 1. The van der Waals surface area contributed by atoms with Gasteiger partial charge in [-0.1, -0.05) is 18.7 Å². The van der Waals surface area contributed by atoms with Gasteiger partial charge < -0.3 is 16.4 Å². The monoisotopic (exact) mass is 386 g/mol. The number of amidine groups is 1. The molecular formula is C14H25Cl3N4S. The van der Waals surface area contributed by atoms with Crippen LogP contribution < -0.4 is 16.4 Å². The second-order valence-electron chi connectivity index (χ2n) is 4.59. The Morgan fingerprint density at radius 1 is 1.23 bits per heavy atom. The Bertz CT molecular complexity index is 465. The maximum atomic E-state index is 5.87. The van der Waals surface area contributed by atoms with Crippen molar-refractivity contribution in [2.45, 2.75) is 26.3 Å². The Kier molecular flexibility index (Phi) is 13.2. The number of hydrogen-bond donors (Lipinski definition) is 2. The third-order valence-electron chi connectivity index (χ3n) is 3.26. The summed E-state index contributed by atoms with van der Waals surface area (Å²) < 4.78 is 0. The SMILES string of the molecule is CCSC(N)=Nc1ccc(N2CCCC2)c(CN)c1.Cl.Cl.Cl. The molecule has 0 saturated carbocycles. The van der Waals surface area contributed by atoms with Crippen molar-refractivity contribution >= 4 is 65.5 Å². The Balaban J connectivity index is 0. The van der Waals surface area contributed by atoms with Gasteiger partial charge in [-0.3, -0.25) is 0 Å². The molecule has 1 heterocycles. The number of nitrogens with two attached hydrogens (primary N) is 2. The number of hydrogen-bond acceptors (Lipinski definition) is 4. The standard InChI is InChI=1S/C14H22N4S.3ClH/c1-2-19-14(16)17-12-5-6-13(11(9-12)10-15)18-7-3-4-8-18;;;/h5-6,9H,2-4,7-8,10,15H2,1H3,(H2,16,17);3*1H. The van der Waals surface area contributed by atoms with E-state index in [1.54, 1.807) is 11.8 Å². The quantitative estimate of drug-likeness (QED) is 0.610. The Labute approximate surface area is 155 Å². The maximum absolute atomic E-state index is 5.87. The van der Waals surface area contributed by atoms with Crippen LogP contribution in [0.1, 0.15) is 25.3 Å². The van der Waals surface area contributed by atoms with E-state index in [-0.39, 0.29) is 37.2 Å². The van der Waals surface area contributed by atoms with E-state index >= 15 is 0 Å². The molecule has 128 valence electrons. The zero-order valence-electron chi connectivity index (χ0n) is 12.7. The summed E-state index contributed by atoms with van der Waals surface area (Å²) in [5, 5.41) is 0.611. The molecule has 1 saturated heterocycles. The molecule has 1 aromatic carbocycles. The van der Waals surface area contributed by atoms with Gasteiger partial charge in [0.05, 0.1) is 5.69 Å². The van der Waals surface area contributed by atoms with Gasteiger partial charge in [0.25, 0.3) is 0 Å². The molecule has 2 rings (SSSR count). The zero-order valence-corrected chi connectivity index (χ0v) is 15.9. The van der Waals surface area contributed by atoms with Crippen LogP contribution in [0.5, 0.6) is 0 Å². The zero-order chi connectivity index (χ0) is 13.7. The Morgan fingerprint density at radius 3 is 2.41 bits per heavy atom. The van der Waals surface area contributed by atoms with Crippen LogP contribution in [0.2, 0.25) is 0 Å². The van der Waals surface area contributed by atoms with Gasteiger partial charge in [-0.15, -0.1) is 37.2 Å². The normalized spacial score (nSPS) is 13.9. The number of rotatable bonds is 4. The lowest BCUT2D eigenvalue weighted by molar-refractivity contribution is 0.940. The average Bonchev–Trinajstić information content (AvgIpc) is 2.92. The van der Waals surface area contributed by atoms with E-state index in [0.29, 0.717) is 11.7 Å². The molecule has 0 radical (unpaired) electrons. The molecule has 0 bridgehead atoms. The van der Waals surface area contributed by atoms with E-state index in [2.05, 4.69) is 28.9 Å². The third kappa shape index (κ3) is 6.42. The van der Waals surface area contributed by atoms with Gasteiger partial charge in [0.15, 0.2) is 5.17 Å². The van der Waals surface area contributed by atoms with Gasteiger partial charge in [0, 0.05) is 25.3 Å². The van der Waals surface area contributed by atoms with E-state index in [0.717, 1.165) is 30.1 Å². The van der Waals surface area contributed by atoms with Gasteiger partial charge in [-0.05, 0) is 42.4 Å². The first-order valence-corrected chi connectivity index (χ1v) is 7.78. The number of benzene rings is 1. The van der Waals surface area contributed by atoms with Crippen LogP contribution in [-0.2, 0) is 6.54 Å². The maximum Gasteiger partial charge on any atom is 0.159 e. The lowest BCUT2D eigenvalue weighted by Gasteiger charge is -2.21. The van der Waals surface area contributed by atoms with E-state index in [1.807, 2.05) is 6.07 Å². The molecule has 0 spiro atoms. The number of nitrogens with zero attached hydrogens (tertiary/aromatic N) is 2. The molecule has 1 fully saturated rings. The van der Waals surface area contributed by atoms with Crippen molar-refractivity contribution in [2.75, 3.05) is 23.7 Å². The first-order chi connectivity index (χ1) is 9.24. The summed E-state index contributed by atoms with van der Waals surface area (Å²) in [6, 6.07) is 6.20. The first-order valence-electron chi connectivity index (χ1n) is 6.79. The van der Waals surface area contributed by atoms with Crippen molar-refractivity contribution < 1.29 is 0 Å². The van der Waals surface area contributed by atoms with Crippen LogP contribution in [0, 0.1) is 0 Å². The summed E-state index contributed by atoms with van der Waals surface area (Å²) in [5.41, 5.74) is 15.0. The molecule has 4 nitrogen and oxygen atoms in total. The average molecular weight is 388 g/mol. The fourth-order valence-electron chi connectivity index (χ4n) is 2.38. The predicted octanol–water partition coefficient (Wildman–Crippen LogP) is 3.71. The Hall–Kier alpha value is -0.330. The molecule has 8 heteroatoms. The van der Waals surface area contributed by atoms with Crippen molar-refractivity contribution in [3.8, 4) is 0 Å². The van der Waals surface area contributed by atoms with Crippen molar-refractivity contribution in [3.63, 3.8) is 0 Å². The highest BCUT2D eigenvalue weighted by Gasteiger charge is 2.15. The molecule has 0 amide bonds. The van der Waals surface area contributed by atoms with Crippen LogP contribution >= 0.6 is 49.0 Å². The predicted molar refractivity (Wildman–Crippen MR) is 107 cm³/mol. The van der Waals surface area contributed by atoms with E-state index in [4.69, 9.17) is 11.5 Å². The minimum absolute atomic E-state index is 0. The molecule has 1 aliphatic rings. The van der Waals surface area contributed by atoms with E-state index < -0.39 is 0 Å². The number of halogens is 3. The molecular weight excluding hydrogens is 363 g/mol. The molecule has 0 aliphatic carbocycles. The smallest absolute Gasteiger partial charge is 0.159 e. The fourth-order valence-corrected chi connectivity index (χ4v) is 2.84. The second-order valence-corrected chi connectivity index (χ2v) is 5.88. The van der Waals surface area contributed by atoms with Crippen LogP contribution in [0.15, 0.2) is 23.2 Å². The number of anilines is 1. The lowest BCUT2D eigenvalue weighted by atomic mass is 10.1.